The average molecular weight is 1710 g/mol. The first-order valence-electron chi connectivity index (χ1n) is 42.9. The fourth-order valence-electron chi connectivity index (χ4n) is 14.7. The molecule has 682 valence electrons. The number of ether oxygens (including phenoxy) is 9. The molecule has 38 heteroatoms. The first kappa shape index (κ1) is 105. The molecule has 37 nitrogen and oxygen atoms in total. The number of rotatable bonds is 66. The van der Waals surface area contributed by atoms with Gasteiger partial charge in [0, 0.05) is 104 Å². The van der Waals surface area contributed by atoms with Crippen molar-refractivity contribution in [3.63, 3.8) is 0 Å². The highest BCUT2D eigenvalue weighted by Crippen LogP contribution is 2.44. The van der Waals surface area contributed by atoms with E-state index < -0.39 is 150 Å². The topological polar surface area (TPSA) is 545 Å². The average Bonchev–Trinajstić information content (AvgIpc) is 0.834. The molecule has 19 atom stereocenters. The molecule has 0 aromatic rings. The van der Waals surface area contributed by atoms with Crippen molar-refractivity contribution >= 4 is 49.2 Å². The highest BCUT2D eigenvalue weighted by Gasteiger charge is 2.49. The van der Waals surface area contributed by atoms with E-state index in [-0.39, 0.29) is 133 Å². The molecule has 19 unspecified atom stereocenters. The minimum atomic E-state index is -4.13. The van der Waals surface area contributed by atoms with Crippen LogP contribution in [0.15, 0.2) is 0 Å². The van der Waals surface area contributed by atoms with Crippen molar-refractivity contribution in [3.05, 3.63) is 0 Å². The summed E-state index contributed by atoms with van der Waals surface area (Å²) in [6.07, 6.45) is 3.20. The summed E-state index contributed by atoms with van der Waals surface area (Å²) in [5.74, 6) is -3.35. The summed E-state index contributed by atoms with van der Waals surface area (Å²) >= 11 is 0. The summed E-state index contributed by atoms with van der Waals surface area (Å²) in [7, 11) is -4.13. The Hall–Kier alpha value is -4.36. The third-order valence-electron chi connectivity index (χ3n) is 21.3. The molecule has 3 saturated heterocycles. The predicted octanol–water partition coefficient (Wildman–Crippen LogP) is 1.22. The van der Waals surface area contributed by atoms with Crippen molar-refractivity contribution < 1.29 is 146 Å². The standard InChI is InChI=1S/C79H146N7O30P/c1-5-6-7-8-9-14-26-41-112-117(104,105)113-42-27-18-13-22-34-80-63(94)30-28-29-59(93)56-46-57(51-106-43-31-64(95)81-35-19-10-15-23-38-109-77-67(84-53(2)90)73(101)70(98)60(48-87)114-77)76(108-45-33-66(97)83-37-21-12-17-25-40-111-79-69(86-55(4)92)75(103)72(100)62(50-89)116-79)58(47-56)52-107-44-32-65(96)82-36-20-11-16-24-39-110-78-68(85-54(3)91)74(102)71(99)61(49-88)115-78/h56-62,67-79,87-89,93,98-103H,5-52H2,1-4H3,(H,80,94)(H,81,95)(H,82,96)(H,83,97)(H,84,90)(H,85,91)(H,86,92)(H,104,105). The number of hydrogen-bond acceptors (Lipinski definition) is 29. The Balaban J connectivity index is 1.33. The van der Waals surface area contributed by atoms with Crippen LogP contribution in [0.3, 0.4) is 0 Å². The van der Waals surface area contributed by atoms with Gasteiger partial charge in [-0.1, -0.05) is 96.8 Å². The van der Waals surface area contributed by atoms with E-state index in [1.165, 1.54) is 40.0 Å². The SMILES string of the molecule is CCCCCCCCCOP(=O)(O)OCCCCCCNC(=O)CCCC(O)C1CC(COCCC(=O)NCCCCCCOC2OC(CO)C(O)C(O)C2NC(C)=O)C(OCCC(=O)NCCCCCCOC2OC(CO)C(O)C(O)C2NC(C)=O)C(COCCC(=O)NCCCCCCOC2OC(CO)C(O)C(O)C2NC(C)=O)C1. The number of nitrogens with one attached hydrogen (secondary N) is 7. The zero-order valence-corrected chi connectivity index (χ0v) is 70.5. The number of aliphatic hydroxyl groups excluding tert-OH is 10. The minimum Gasteiger partial charge on any atom is -0.394 e. The number of aliphatic hydroxyl groups is 10. The van der Waals surface area contributed by atoms with E-state index in [1.807, 2.05) is 0 Å². The second-order valence-electron chi connectivity index (χ2n) is 31.2. The molecule has 3 heterocycles. The van der Waals surface area contributed by atoms with Gasteiger partial charge in [-0.05, 0) is 89.4 Å². The second-order valence-corrected chi connectivity index (χ2v) is 32.6. The van der Waals surface area contributed by atoms with Gasteiger partial charge in [-0.25, -0.2) is 4.57 Å². The van der Waals surface area contributed by atoms with Crippen molar-refractivity contribution in [2.75, 3.05) is 112 Å². The van der Waals surface area contributed by atoms with Crippen LogP contribution in [0.5, 0.6) is 0 Å². The van der Waals surface area contributed by atoms with Gasteiger partial charge in [0.05, 0.1) is 78.3 Å². The summed E-state index contributed by atoms with van der Waals surface area (Å²) in [6.45, 7) is 6.97. The van der Waals surface area contributed by atoms with E-state index in [9.17, 15) is 94.1 Å². The van der Waals surface area contributed by atoms with Crippen LogP contribution in [0, 0.1) is 17.8 Å². The Bertz CT molecular complexity index is 2670. The number of phosphoric ester groups is 1. The summed E-state index contributed by atoms with van der Waals surface area (Å²) in [6, 6.07) is -3.15. The Morgan fingerprint density at radius 3 is 1.03 bits per heavy atom. The number of amides is 7. The first-order valence-corrected chi connectivity index (χ1v) is 44.4. The Kier molecular flexibility index (Phi) is 55.5. The van der Waals surface area contributed by atoms with Crippen molar-refractivity contribution in [2.45, 2.75) is 331 Å². The van der Waals surface area contributed by atoms with E-state index in [1.54, 1.807) is 0 Å². The van der Waals surface area contributed by atoms with Gasteiger partial charge < -0.3 is 136 Å². The van der Waals surface area contributed by atoms with Gasteiger partial charge in [0.25, 0.3) is 0 Å². The molecule has 3 aliphatic heterocycles. The van der Waals surface area contributed by atoms with E-state index in [2.05, 4.69) is 44.1 Å². The molecule has 18 N–H and O–H groups in total. The van der Waals surface area contributed by atoms with Crippen LogP contribution in [0.25, 0.3) is 0 Å². The lowest BCUT2D eigenvalue weighted by molar-refractivity contribution is -0.270. The van der Waals surface area contributed by atoms with E-state index in [0.29, 0.717) is 129 Å². The fourth-order valence-corrected chi connectivity index (χ4v) is 15.5. The lowest BCUT2D eigenvalue weighted by atomic mass is 9.71. The molecular formula is C79H146N7O30P. The van der Waals surface area contributed by atoms with Crippen molar-refractivity contribution in [1.29, 1.82) is 0 Å². The van der Waals surface area contributed by atoms with E-state index in [4.69, 9.17) is 51.7 Å². The van der Waals surface area contributed by atoms with Crippen LogP contribution in [0.4, 0.5) is 0 Å². The molecule has 1 aliphatic carbocycles. The third kappa shape index (κ3) is 43.5. The largest absolute Gasteiger partial charge is 0.472 e. The highest BCUT2D eigenvalue weighted by atomic mass is 31.2. The van der Waals surface area contributed by atoms with Gasteiger partial charge in [-0.15, -0.1) is 0 Å². The molecule has 1 saturated carbocycles. The molecule has 0 aromatic heterocycles. The molecule has 0 radical (unpaired) electrons. The van der Waals surface area contributed by atoms with Crippen LogP contribution < -0.4 is 37.2 Å². The zero-order chi connectivity index (χ0) is 85.8. The maximum absolute atomic E-state index is 13.4. The first-order chi connectivity index (χ1) is 56.2. The normalized spacial score (nSPS) is 27.5. The zero-order valence-electron chi connectivity index (χ0n) is 69.6. The van der Waals surface area contributed by atoms with Crippen LogP contribution in [0.1, 0.15) is 227 Å². The van der Waals surface area contributed by atoms with Crippen LogP contribution in [-0.2, 0) is 89.8 Å². The van der Waals surface area contributed by atoms with Gasteiger partial charge in [0.2, 0.25) is 41.4 Å². The smallest absolute Gasteiger partial charge is 0.394 e. The predicted molar refractivity (Wildman–Crippen MR) is 424 cm³/mol. The Morgan fingerprint density at radius 1 is 0.393 bits per heavy atom. The van der Waals surface area contributed by atoms with Crippen molar-refractivity contribution in [2.24, 2.45) is 17.8 Å². The molecule has 4 fully saturated rings. The van der Waals surface area contributed by atoms with E-state index >= 15 is 0 Å². The molecule has 0 spiro atoms. The van der Waals surface area contributed by atoms with Gasteiger partial charge in [-0.3, -0.25) is 42.6 Å². The maximum atomic E-state index is 13.4. The maximum Gasteiger partial charge on any atom is 0.472 e. The lowest BCUT2D eigenvalue weighted by Crippen LogP contribution is -2.64. The van der Waals surface area contributed by atoms with Crippen LogP contribution in [-0.4, -0.2) is 314 Å². The number of hydrogen-bond donors (Lipinski definition) is 18. The number of carbonyl (C=O) groups excluding carboxylic acids is 7. The quantitative estimate of drug-likeness (QED) is 0.0301. The number of unbranched alkanes of at least 4 members (excludes halogenated alkanes) is 18. The van der Waals surface area contributed by atoms with Crippen molar-refractivity contribution in [1.82, 2.24) is 37.2 Å². The molecule has 0 bridgehead atoms. The molecule has 4 aliphatic rings. The third-order valence-corrected chi connectivity index (χ3v) is 22.3. The highest BCUT2D eigenvalue weighted by molar-refractivity contribution is 7.47. The molecule has 4 rings (SSSR count). The monoisotopic (exact) mass is 1700 g/mol. The second kappa shape index (κ2) is 61.9. The van der Waals surface area contributed by atoms with E-state index in [0.717, 1.165) is 51.4 Å². The lowest BCUT2D eigenvalue weighted by Gasteiger charge is -2.43. The van der Waals surface area contributed by atoms with Gasteiger partial charge in [0.1, 0.15) is 73.1 Å². The molecule has 0 aromatic carbocycles. The molecular weight excluding hydrogens is 1560 g/mol. The summed E-state index contributed by atoms with van der Waals surface area (Å²) < 4.78 is 76.2. The number of phosphoric acid groups is 1. The summed E-state index contributed by atoms with van der Waals surface area (Å²) in [5, 5.41) is 123. The van der Waals surface area contributed by atoms with Gasteiger partial charge in [-0.2, -0.15) is 0 Å². The summed E-state index contributed by atoms with van der Waals surface area (Å²) in [4.78, 5) is 98.4. The minimum absolute atomic E-state index is 0.00348. The Morgan fingerprint density at radius 2 is 0.701 bits per heavy atom. The fraction of sp³-hybridized carbons (Fsp3) is 0.911. The Labute approximate surface area is 690 Å². The molecule has 117 heavy (non-hydrogen) atoms. The van der Waals surface area contributed by atoms with Crippen molar-refractivity contribution in [3.8, 4) is 0 Å². The van der Waals surface area contributed by atoms with Gasteiger partial charge >= 0.3 is 7.82 Å². The van der Waals surface area contributed by atoms with Gasteiger partial charge in [0.15, 0.2) is 18.9 Å². The van der Waals surface area contributed by atoms with Crippen LogP contribution >= 0.6 is 7.82 Å². The molecule has 7 amide bonds. The van der Waals surface area contributed by atoms with Crippen LogP contribution in [0.2, 0.25) is 0 Å². The number of carbonyl (C=O) groups is 7. The summed E-state index contributed by atoms with van der Waals surface area (Å²) in [5.41, 5.74) is 0.